The summed E-state index contributed by atoms with van der Waals surface area (Å²) in [5.41, 5.74) is 0. The quantitative estimate of drug-likeness (QED) is 0.735. The summed E-state index contributed by atoms with van der Waals surface area (Å²) in [6, 6.07) is 4.28. The lowest BCUT2D eigenvalue weighted by atomic mass is 10.4. The van der Waals surface area contributed by atoms with Crippen molar-refractivity contribution < 1.29 is 8.42 Å². The third-order valence-electron chi connectivity index (χ3n) is 2.36. The monoisotopic (exact) mass is 373 g/mol. The number of sulfonamides is 1. The van der Waals surface area contributed by atoms with Gasteiger partial charge in [0.15, 0.2) is 0 Å². The third kappa shape index (κ3) is 3.61. The highest BCUT2D eigenvalue weighted by molar-refractivity contribution is 9.09. The van der Waals surface area contributed by atoms with Crippen molar-refractivity contribution in [1.29, 1.82) is 0 Å². The fraction of sp³-hybridized carbons (Fsp3) is 0.455. The zero-order valence-electron chi connectivity index (χ0n) is 10.0. The van der Waals surface area contributed by atoms with E-state index in [4.69, 9.17) is 23.2 Å². The first kappa shape index (κ1) is 16.2. The highest BCUT2D eigenvalue weighted by atomic mass is 79.9. The maximum atomic E-state index is 12.5. The van der Waals surface area contributed by atoms with Crippen LogP contribution in [0.1, 0.15) is 13.8 Å². The van der Waals surface area contributed by atoms with Gasteiger partial charge >= 0.3 is 0 Å². The fourth-order valence-corrected chi connectivity index (χ4v) is 4.53. The Bertz CT molecular complexity index is 520. The molecule has 0 bridgehead atoms. The van der Waals surface area contributed by atoms with Crippen molar-refractivity contribution in [2.45, 2.75) is 24.8 Å². The van der Waals surface area contributed by atoms with Gasteiger partial charge in [0.2, 0.25) is 10.0 Å². The SMILES string of the molecule is CC(C)N(CCBr)S(=O)(=O)c1cc(Cl)ccc1Cl. The van der Waals surface area contributed by atoms with Crippen LogP contribution in [0.25, 0.3) is 0 Å². The second-order valence-electron chi connectivity index (χ2n) is 3.97. The highest BCUT2D eigenvalue weighted by Crippen LogP contribution is 2.28. The lowest BCUT2D eigenvalue weighted by Gasteiger charge is -2.25. The summed E-state index contributed by atoms with van der Waals surface area (Å²) in [6.07, 6.45) is 0. The van der Waals surface area contributed by atoms with Crippen LogP contribution in [0.4, 0.5) is 0 Å². The molecule has 0 aliphatic heterocycles. The van der Waals surface area contributed by atoms with Crippen LogP contribution >= 0.6 is 39.1 Å². The molecule has 0 unspecified atom stereocenters. The van der Waals surface area contributed by atoms with E-state index < -0.39 is 10.0 Å². The predicted octanol–water partition coefficient (Wildman–Crippen LogP) is 3.79. The van der Waals surface area contributed by atoms with Crippen LogP contribution in [-0.2, 0) is 10.0 Å². The van der Waals surface area contributed by atoms with Crippen molar-refractivity contribution in [3.63, 3.8) is 0 Å². The Morgan fingerprint density at radius 1 is 1.33 bits per heavy atom. The molecule has 0 heterocycles. The Kier molecular flexibility index (Phi) is 5.93. The molecule has 0 aliphatic carbocycles. The van der Waals surface area contributed by atoms with Crippen LogP contribution in [0, 0.1) is 0 Å². The standard InChI is InChI=1S/C11H14BrCl2NO2S/c1-8(2)15(6-5-12)18(16,17)11-7-9(13)3-4-10(11)14/h3-4,7-8H,5-6H2,1-2H3. The molecule has 0 spiro atoms. The largest absolute Gasteiger partial charge is 0.244 e. The smallest absolute Gasteiger partial charge is 0.207 e. The van der Waals surface area contributed by atoms with Gasteiger partial charge in [-0.2, -0.15) is 4.31 Å². The molecular formula is C11H14BrCl2NO2S. The molecule has 0 atom stereocenters. The van der Waals surface area contributed by atoms with Gasteiger partial charge in [-0.05, 0) is 32.0 Å². The average Bonchev–Trinajstić information content (AvgIpc) is 2.28. The maximum Gasteiger partial charge on any atom is 0.244 e. The molecule has 1 aromatic rings. The van der Waals surface area contributed by atoms with Gasteiger partial charge in [0.1, 0.15) is 4.90 Å². The van der Waals surface area contributed by atoms with Gasteiger partial charge in [-0.25, -0.2) is 8.42 Å². The van der Waals surface area contributed by atoms with E-state index in [9.17, 15) is 8.42 Å². The lowest BCUT2D eigenvalue weighted by molar-refractivity contribution is 0.372. The summed E-state index contributed by atoms with van der Waals surface area (Å²) in [6.45, 7) is 4.01. The molecule has 7 heteroatoms. The number of hydrogen-bond donors (Lipinski definition) is 0. The van der Waals surface area contributed by atoms with E-state index >= 15 is 0 Å². The second-order valence-corrected chi connectivity index (χ2v) is 7.47. The topological polar surface area (TPSA) is 37.4 Å². The number of nitrogens with zero attached hydrogens (tertiary/aromatic N) is 1. The van der Waals surface area contributed by atoms with Crippen molar-refractivity contribution in [3.8, 4) is 0 Å². The van der Waals surface area contributed by atoms with Crippen molar-refractivity contribution in [3.05, 3.63) is 28.2 Å². The van der Waals surface area contributed by atoms with Gasteiger partial charge in [0.25, 0.3) is 0 Å². The van der Waals surface area contributed by atoms with Gasteiger partial charge in [-0.1, -0.05) is 39.1 Å². The molecule has 102 valence electrons. The van der Waals surface area contributed by atoms with Crippen LogP contribution < -0.4 is 0 Å². The van der Waals surface area contributed by atoms with E-state index in [2.05, 4.69) is 15.9 Å². The number of rotatable bonds is 5. The van der Waals surface area contributed by atoms with Crippen molar-refractivity contribution in [2.75, 3.05) is 11.9 Å². The molecule has 0 saturated carbocycles. The fourth-order valence-electron chi connectivity index (χ4n) is 1.54. The minimum Gasteiger partial charge on any atom is -0.207 e. The summed E-state index contributed by atoms with van der Waals surface area (Å²) in [7, 11) is -3.63. The maximum absolute atomic E-state index is 12.5. The normalized spacial score (nSPS) is 12.4. The molecule has 1 rings (SSSR count). The van der Waals surface area contributed by atoms with E-state index in [1.807, 2.05) is 13.8 Å². The first-order valence-corrected chi connectivity index (χ1v) is 8.65. The Morgan fingerprint density at radius 2 is 1.94 bits per heavy atom. The first-order chi connectivity index (χ1) is 8.30. The summed E-state index contributed by atoms with van der Waals surface area (Å²) in [4.78, 5) is 0.0475. The lowest BCUT2D eigenvalue weighted by Crippen LogP contribution is -2.38. The average molecular weight is 375 g/mol. The Balaban J connectivity index is 3.30. The van der Waals surface area contributed by atoms with Crippen molar-refractivity contribution in [1.82, 2.24) is 4.31 Å². The minimum atomic E-state index is -3.63. The van der Waals surface area contributed by atoms with Gasteiger partial charge in [-0.3, -0.25) is 0 Å². The van der Waals surface area contributed by atoms with Gasteiger partial charge in [0.05, 0.1) is 5.02 Å². The molecule has 3 nitrogen and oxygen atoms in total. The predicted molar refractivity (Wildman–Crippen MR) is 79.3 cm³/mol. The van der Waals surface area contributed by atoms with Crippen molar-refractivity contribution in [2.24, 2.45) is 0 Å². The van der Waals surface area contributed by atoms with E-state index in [0.717, 1.165) is 0 Å². The molecule has 0 amide bonds. The number of hydrogen-bond acceptors (Lipinski definition) is 2. The summed E-state index contributed by atoms with van der Waals surface area (Å²) in [5.74, 6) is 0. The van der Waals surface area contributed by atoms with E-state index in [1.165, 1.54) is 16.4 Å². The number of benzene rings is 1. The zero-order chi connectivity index (χ0) is 13.9. The Morgan fingerprint density at radius 3 is 2.44 bits per heavy atom. The molecule has 0 saturated heterocycles. The van der Waals surface area contributed by atoms with Crippen LogP contribution in [-0.4, -0.2) is 30.6 Å². The summed E-state index contributed by atoms with van der Waals surface area (Å²) >= 11 is 15.0. The van der Waals surface area contributed by atoms with Gasteiger partial charge < -0.3 is 0 Å². The minimum absolute atomic E-state index is 0.0475. The molecule has 1 aromatic carbocycles. The first-order valence-electron chi connectivity index (χ1n) is 5.33. The second kappa shape index (κ2) is 6.57. The number of halogens is 3. The summed E-state index contributed by atoms with van der Waals surface area (Å²) < 4.78 is 26.4. The number of alkyl halides is 1. The molecule has 0 aliphatic rings. The highest BCUT2D eigenvalue weighted by Gasteiger charge is 2.28. The molecule has 0 radical (unpaired) electrons. The van der Waals surface area contributed by atoms with Gasteiger partial charge in [-0.15, -0.1) is 0 Å². The molecule has 0 aromatic heterocycles. The van der Waals surface area contributed by atoms with Crippen LogP contribution in [0.5, 0.6) is 0 Å². The van der Waals surface area contributed by atoms with Crippen molar-refractivity contribution >= 4 is 49.2 Å². The molecule has 0 N–H and O–H groups in total. The third-order valence-corrected chi connectivity index (χ3v) is 5.51. The Hall–Kier alpha value is 0.190. The Labute approximate surface area is 126 Å². The molecule has 18 heavy (non-hydrogen) atoms. The van der Waals surface area contributed by atoms with Crippen LogP contribution in [0.2, 0.25) is 10.0 Å². The van der Waals surface area contributed by atoms with E-state index in [0.29, 0.717) is 16.9 Å². The molecule has 0 fully saturated rings. The molecular weight excluding hydrogens is 361 g/mol. The van der Waals surface area contributed by atoms with Gasteiger partial charge in [0, 0.05) is 22.9 Å². The van der Waals surface area contributed by atoms with E-state index in [1.54, 1.807) is 6.07 Å². The van der Waals surface area contributed by atoms with E-state index in [-0.39, 0.29) is 16.0 Å². The zero-order valence-corrected chi connectivity index (χ0v) is 13.9. The van der Waals surface area contributed by atoms with Crippen LogP contribution in [0.3, 0.4) is 0 Å². The summed E-state index contributed by atoms with van der Waals surface area (Å²) in [5, 5.41) is 1.09. The van der Waals surface area contributed by atoms with Crippen LogP contribution in [0.15, 0.2) is 23.1 Å².